The molecule has 1 aliphatic carbocycles. The zero-order valence-corrected chi connectivity index (χ0v) is 7.86. The van der Waals surface area contributed by atoms with E-state index in [1.807, 2.05) is 19.2 Å². The molecule has 1 aliphatic rings. The van der Waals surface area contributed by atoms with E-state index in [-0.39, 0.29) is 5.54 Å². The van der Waals surface area contributed by atoms with Gasteiger partial charge < -0.3 is 5.32 Å². The molecule has 12 heavy (non-hydrogen) atoms. The van der Waals surface area contributed by atoms with Crippen molar-refractivity contribution < 1.29 is 0 Å². The topological polar surface area (TPSA) is 12.0 Å². The van der Waals surface area contributed by atoms with E-state index in [1.165, 1.54) is 18.4 Å². The maximum Gasteiger partial charge on any atom is 0.0433 e. The van der Waals surface area contributed by atoms with Crippen LogP contribution in [0.25, 0.3) is 0 Å². The predicted molar refractivity (Wildman–Crippen MR) is 51.4 cm³/mol. The minimum atomic E-state index is 0.268. The van der Waals surface area contributed by atoms with Crippen LogP contribution < -0.4 is 5.32 Å². The third-order valence-corrected chi connectivity index (χ3v) is 2.88. The van der Waals surface area contributed by atoms with E-state index in [1.54, 1.807) is 0 Å². The Morgan fingerprint density at radius 1 is 1.25 bits per heavy atom. The molecule has 0 radical (unpaired) electrons. The van der Waals surface area contributed by atoms with E-state index in [9.17, 15) is 0 Å². The van der Waals surface area contributed by atoms with Crippen LogP contribution in [-0.4, -0.2) is 7.05 Å². The van der Waals surface area contributed by atoms with E-state index in [0.29, 0.717) is 0 Å². The van der Waals surface area contributed by atoms with Crippen LogP contribution >= 0.6 is 11.6 Å². The summed E-state index contributed by atoms with van der Waals surface area (Å²) in [6.07, 6.45) is 2.48. The highest BCUT2D eigenvalue weighted by Gasteiger charge is 2.42. The molecule has 0 bridgehead atoms. The molecule has 0 saturated heterocycles. The molecule has 64 valence electrons. The number of benzene rings is 1. The average Bonchev–Trinajstić information content (AvgIpc) is 2.86. The lowest BCUT2D eigenvalue weighted by atomic mass is 10.1. The van der Waals surface area contributed by atoms with Gasteiger partial charge in [0.05, 0.1) is 0 Å². The number of rotatable bonds is 2. The van der Waals surface area contributed by atoms with Crippen LogP contribution in [0.1, 0.15) is 18.4 Å². The minimum Gasteiger partial charge on any atom is -0.310 e. The summed E-state index contributed by atoms with van der Waals surface area (Å²) in [6.45, 7) is 0. The number of hydrogen-bond donors (Lipinski definition) is 1. The molecule has 1 nitrogen and oxygen atoms in total. The molecule has 0 aromatic heterocycles. The first-order valence-corrected chi connectivity index (χ1v) is 4.60. The summed E-state index contributed by atoms with van der Waals surface area (Å²) in [5.41, 5.74) is 1.62. The summed E-state index contributed by atoms with van der Waals surface area (Å²) in [6, 6.07) is 8.11. The predicted octanol–water partition coefficient (Wildman–Crippen LogP) is 2.55. The maximum absolute atomic E-state index is 5.80. The van der Waals surface area contributed by atoms with Gasteiger partial charge in [-0.1, -0.05) is 23.7 Å². The van der Waals surface area contributed by atoms with Gasteiger partial charge in [0.1, 0.15) is 0 Å². The van der Waals surface area contributed by atoms with Crippen LogP contribution in [0.15, 0.2) is 24.3 Å². The molecule has 0 spiro atoms. The highest BCUT2D eigenvalue weighted by atomic mass is 35.5. The summed E-state index contributed by atoms with van der Waals surface area (Å²) in [5, 5.41) is 4.16. The normalized spacial score (nSPS) is 19.2. The molecular weight excluding hydrogens is 170 g/mol. The molecule has 1 saturated carbocycles. The molecule has 2 rings (SSSR count). The summed E-state index contributed by atoms with van der Waals surface area (Å²) in [4.78, 5) is 0. The SMILES string of the molecule is CNC1(c2ccc(Cl)cc2)CC1. The molecule has 0 heterocycles. The molecule has 0 atom stereocenters. The van der Waals surface area contributed by atoms with Gasteiger partial charge in [-0.3, -0.25) is 0 Å². The van der Waals surface area contributed by atoms with Crippen molar-refractivity contribution in [3.8, 4) is 0 Å². The first kappa shape index (κ1) is 8.09. The maximum atomic E-state index is 5.80. The molecule has 1 N–H and O–H groups in total. The molecule has 0 aliphatic heterocycles. The van der Waals surface area contributed by atoms with Crippen LogP contribution in [0.2, 0.25) is 5.02 Å². The molecule has 0 unspecified atom stereocenters. The van der Waals surface area contributed by atoms with E-state index >= 15 is 0 Å². The lowest BCUT2D eigenvalue weighted by Crippen LogP contribution is -2.24. The van der Waals surface area contributed by atoms with Gasteiger partial charge in [-0.05, 0) is 37.6 Å². The van der Waals surface area contributed by atoms with Crippen LogP contribution in [0.5, 0.6) is 0 Å². The van der Waals surface area contributed by atoms with Gasteiger partial charge in [0.25, 0.3) is 0 Å². The van der Waals surface area contributed by atoms with Gasteiger partial charge in [-0.2, -0.15) is 0 Å². The Labute approximate surface area is 77.7 Å². The number of halogens is 1. The van der Waals surface area contributed by atoms with Crippen molar-refractivity contribution in [1.29, 1.82) is 0 Å². The van der Waals surface area contributed by atoms with Crippen LogP contribution in [-0.2, 0) is 5.54 Å². The Hall–Kier alpha value is -0.530. The minimum absolute atomic E-state index is 0.268. The van der Waals surface area contributed by atoms with Crippen LogP contribution in [0.4, 0.5) is 0 Å². The third-order valence-electron chi connectivity index (χ3n) is 2.63. The smallest absolute Gasteiger partial charge is 0.0433 e. The van der Waals surface area contributed by atoms with Crippen molar-refractivity contribution in [3.63, 3.8) is 0 Å². The Morgan fingerprint density at radius 3 is 2.25 bits per heavy atom. The zero-order chi connectivity index (χ0) is 8.60. The molecule has 0 amide bonds. The number of hydrogen-bond acceptors (Lipinski definition) is 1. The quantitative estimate of drug-likeness (QED) is 0.740. The van der Waals surface area contributed by atoms with Gasteiger partial charge in [0, 0.05) is 10.6 Å². The van der Waals surface area contributed by atoms with Gasteiger partial charge in [-0.25, -0.2) is 0 Å². The van der Waals surface area contributed by atoms with Crippen molar-refractivity contribution in [3.05, 3.63) is 34.9 Å². The Balaban J connectivity index is 2.29. The summed E-state index contributed by atoms with van der Waals surface area (Å²) in [5.74, 6) is 0. The summed E-state index contributed by atoms with van der Waals surface area (Å²) < 4.78 is 0. The molecule has 1 aromatic rings. The van der Waals surface area contributed by atoms with Crippen molar-refractivity contribution in [1.82, 2.24) is 5.32 Å². The molecule has 1 aromatic carbocycles. The van der Waals surface area contributed by atoms with Gasteiger partial charge >= 0.3 is 0 Å². The second kappa shape index (κ2) is 2.75. The monoisotopic (exact) mass is 181 g/mol. The zero-order valence-electron chi connectivity index (χ0n) is 7.10. The Bertz CT molecular complexity index is 274. The van der Waals surface area contributed by atoms with E-state index in [0.717, 1.165) is 5.02 Å². The van der Waals surface area contributed by atoms with Gasteiger partial charge in [-0.15, -0.1) is 0 Å². The standard InChI is InChI=1S/C10H12ClN/c1-12-10(6-7-10)8-2-4-9(11)5-3-8/h2-5,12H,6-7H2,1H3. The molecule has 1 fully saturated rings. The third kappa shape index (κ3) is 1.23. The second-order valence-corrected chi connectivity index (χ2v) is 3.78. The number of nitrogens with one attached hydrogen (secondary N) is 1. The fraction of sp³-hybridized carbons (Fsp3) is 0.400. The van der Waals surface area contributed by atoms with Crippen LogP contribution in [0, 0.1) is 0 Å². The lowest BCUT2D eigenvalue weighted by molar-refractivity contribution is 0.586. The van der Waals surface area contributed by atoms with Gasteiger partial charge in [0.15, 0.2) is 0 Å². The highest BCUT2D eigenvalue weighted by molar-refractivity contribution is 6.30. The lowest BCUT2D eigenvalue weighted by Gasteiger charge is -2.13. The van der Waals surface area contributed by atoms with Gasteiger partial charge in [0.2, 0.25) is 0 Å². The van der Waals surface area contributed by atoms with Crippen molar-refractivity contribution in [2.24, 2.45) is 0 Å². The van der Waals surface area contributed by atoms with E-state index < -0.39 is 0 Å². The highest BCUT2D eigenvalue weighted by Crippen LogP contribution is 2.45. The van der Waals surface area contributed by atoms with E-state index in [2.05, 4.69) is 17.4 Å². The first-order valence-electron chi connectivity index (χ1n) is 4.22. The Morgan fingerprint density at radius 2 is 1.83 bits per heavy atom. The first-order chi connectivity index (χ1) is 5.77. The molecule has 2 heteroatoms. The fourth-order valence-corrected chi connectivity index (χ4v) is 1.70. The largest absolute Gasteiger partial charge is 0.310 e. The average molecular weight is 182 g/mol. The summed E-state index contributed by atoms with van der Waals surface area (Å²) >= 11 is 5.80. The second-order valence-electron chi connectivity index (χ2n) is 3.34. The Kier molecular flexibility index (Phi) is 1.85. The van der Waals surface area contributed by atoms with E-state index in [4.69, 9.17) is 11.6 Å². The molecular formula is C10H12ClN. The van der Waals surface area contributed by atoms with Crippen molar-refractivity contribution in [2.45, 2.75) is 18.4 Å². The van der Waals surface area contributed by atoms with Crippen molar-refractivity contribution >= 4 is 11.6 Å². The summed E-state index contributed by atoms with van der Waals surface area (Å²) in [7, 11) is 2.02. The fourth-order valence-electron chi connectivity index (χ4n) is 1.58. The van der Waals surface area contributed by atoms with Crippen LogP contribution in [0.3, 0.4) is 0 Å². The van der Waals surface area contributed by atoms with Crippen molar-refractivity contribution in [2.75, 3.05) is 7.05 Å².